The van der Waals surface area contributed by atoms with Crippen molar-refractivity contribution in [1.82, 2.24) is 20.6 Å². The van der Waals surface area contributed by atoms with E-state index in [4.69, 9.17) is 16.7 Å². The van der Waals surface area contributed by atoms with Crippen molar-refractivity contribution in [3.05, 3.63) is 57.3 Å². The van der Waals surface area contributed by atoms with Crippen molar-refractivity contribution in [2.75, 3.05) is 13.2 Å². The van der Waals surface area contributed by atoms with Crippen molar-refractivity contribution in [1.29, 1.82) is 5.26 Å². The lowest BCUT2D eigenvalue weighted by atomic mass is 9.65. The van der Waals surface area contributed by atoms with Gasteiger partial charge in [0.25, 0.3) is 0 Å². The highest BCUT2D eigenvalue weighted by Crippen LogP contribution is 2.51. The Kier molecular flexibility index (Phi) is 9.06. The van der Waals surface area contributed by atoms with Crippen LogP contribution in [0.3, 0.4) is 0 Å². The molecule has 1 aliphatic heterocycles. The standard InChI is InChI=1S/C25H30BrClFN5O3/c1-24(2,3)9-18-25(13-29,23-31-10-14(26)11-32-23)19(16-5-4-6-17(27)20(16)28)21(33-18)22(36)30-8-7-15(35)12-34/h4-6,10-11,15,18-19,21,33-35H,7-9,12H2,1-3H3,(H,30,36)/t15-,18?,19?,21?,25?/m0/s1. The summed E-state index contributed by atoms with van der Waals surface area (Å²) in [5.74, 6) is -2.03. The van der Waals surface area contributed by atoms with Gasteiger partial charge in [0.15, 0.2) is 5.82 Å². The quantitative estimate of drug-likeness (QED) is 0.376. The molecule has 0 aliphatic carbocycles. The van der Waals surface area contributed by atoms with Crippen LogP contribution in [0.5, 0.6) is 0 Å². The number of hydrogen-bond donors (Lipinski definition) is 4. The maximum Gasteiger partial charge on any atom is 0.237 e. The predicted octanol–water partition coefficient (Wildman–Crippen LogP) is 3.21. The van der Waals surface area contributed by atoms with Crippen LogP contribution in [0, 0.1) is 22.6 Å². The Labute approximate surface area is 223 Å². The van der Waals surface area contributed by atoms with Crippen molar-refractivity contribution in [3.8, 4) is 6.07 Å². The molecule has 194 valence electrons. The fraction of sp³-hybridized carbons (Fsp3) is 0.520. The zero-order chi connectivity index (χ0) is 26.7. The average molecular weight is 583 g/mol. The molecule has 0 spiro atoms. The summed E-state index contributed by atoms with van der Waals surface area (Å²) >= 11 is 9.45. The van der Waals surface area contributed by atoms with E-state index in [1.165, 1.54) is 24.5 Å². The number of carbonyl (C=O) groups excluding carboxylic acids is 1. The Bertz CT molecular complexity index is 1120. The summed E-state index contributed by atoms with van der Waals surface area (Å²) in [7, 11) is 0. The van der Waals surface area contributed by atoms with E-state index in [1.807, 2.05) is 20.8 Å². The zero-order valence-corrected chi connectivity index (χ0v) is 22.6. The largest absolute Gasteiger partial charge is 0.394 e. The van der Waals surface area contributed by atoms with Gasteiger partial charge < -0.3 is 20.8 Å². The second-order valence-corrected chi connectivity index (χ2v) is 11.5. The minimum atomic E-state index is -1.51. The van der Waals surface area contributed by atoms with E-state index in [0.29, 0.717) is 10.9 Å². The highest BCUT2D eigenvalue weighted by molar-refractivity contribution is 9.10. The van der Waals surface area contributed by atoms with Crippen molar-refractivity contribution < 1.29 is 19.4 Å². The molecule has 1 fully saturated rings. The molecule has 3 rings (SSSR count). The van der Waals surface area contributed by atoms with Crippen LogP contribution in [-0.2, 0) is 10.2 Å². The summed E-state index contributed by atoms with van der Waals surface area (Å²) in [6.07, 6.45) is 2.66. The lowest BCUT2D eigenvalue weighted by Gasteiger charge is -2.35. The van der Waals surface area contributed by atoms with E-state index >= 15 is 4.39 Å². The summed E-state index contributed by atoms with van der Waals surface area (Å²) < 4.78 is 16.1. The first kappa shape index (κ1) is 28.4. The van der Waals surface area contributed by atoms with Crippen LogP contribution in [0.25, 0.3) is 0 Å². The van der Waals surface area contributed by atoms with Crippen molar-refractivity contribution in [2.24, 2.45) is 5.41 Å². The first-order chi connectivity index (χ1) is 16.9. The Balaban J connectivity index is 2.19. The molecule has 1 aromatic carbocycles. The Morgan fingerprint density at radius 2 is 2.06 bits per heavy atom. The van der Waals surface area contributed by atoms with Gasteiger partial charge in [-0.1, -0.05) is 44.5 Å². The first-order valence-electron chi connectivity index (χ1n) is 11.6. The van der Waals surface area contributed by atoms with E-state index in [2.05, 4.69) is 42.6 Å². The summed E-state index contributed by atoms with van der Waals surface area (Å²) in [4.78, 5) is 22.3. The Morgan fingerprint density at radius 3 is 2.64 bits per heavy atom. The monoisotopic (exact) mass is 581 g/mol. The number of nitrogens with zero attached hydrogens (tertiary/aromatic N) is 3. The molecule has 1 saturated heterocycles. The second kappa shape index (κ2) is 11.5. The van der Waals surface area contributed by atoms with Crippen LogP contribution in [0.4, 0.5) is 4.39 Å². The number of aliphatic hydroxyl groups excluding tert-OH is 2. The number of amides is 1. The van der Waals surface area contributed by atoms with Gasteiger partial charge in [0.05, 0.1) is 34.3 Å². The molecule has 4 N–H and O–H groups in total. The first-order valence-corrected chi connectivity index (χ1v) is 12.8. The summed E-state index contributed by atoms with van der Waals surface area (Å²) in [5.41, 5.74) is -1.66. The van der Waals surface area contributed by atoms with Gasteiger partial charge in [-0.2, -0.15) is 5.26 Å². The third kappa shape index (κ3) is 5.87. The normalized spacial score (nSPS) is 24.8. The van der Waals surface area contributed by atoms with Gasteiger partial charge in [0.2, 0.25) is 5.91 Å². The highest BCUT2D eigenvalue weighted by atomic mass is 79.9. The molecular formula is C25H30BrClFN5O3. The highest BCUT2D eigenvalue weighted by Gasteiger charge is 2.62. The van der Waals surface area contributed by atoms with Gasteiger partial charge in [-0.3, -0.25) is 4.79 Å². The molecule has 5 atom stereocenters. The Morgan fingerprint density at radius 1 is 1.39 bits per heavy atom. The van der Waals surface area contributed by atoms with Crippen molar-refractivity contribution in [2.45, 2.75) is 63.1 Å². The number of aliphatic hydroxyl groups is 2. The van der Waals surface area contributed by atoms with E-state index < -0.39 is 47.9 Å². The molecule has 4 unspecified atom stereocenters. The van der Waals surface area contributed by atoms with Crippen LogP contribution in [0.2, 0.25) is 5.02 Å². The second-order valence-electron chi connectivity index (χ2n) is 10.2. The molecule has 1 aromatic heterocycles. The lowest BCUT2D eigenvalue weighted by Crippen LogP contribution is -2.46. The Hall–Kier alpha value is -2.16. The molecule has 1 aliphatic rings. The lowest BCUT2D eigenvalue weighted by molar-refractivity contribution is -0.123. The molecule has 1 amide bonds. The molecule has 36 heavy (non-hydrogen) atoms. The van der Waals surface area contributed by atoms with E-state index in [1.54, 1.807) is 6.07 Å². The third-order valence-electron chi connectivity index (χ3n) is 6.33. The molecule has 0 radical (unpaired) electrons. The van der Waals surface area contributed by atoms with Crippen LogP contribution in [0.15, 0.2) is 35.1 Å². The molecule has 8 nitrogen and oxygen atoms in total. The van der Waals surface area contributed by atoms with E-state index in [-0.39, 0.29) is 34.8 Å². The van der Waals surface area contributed by atoms with Gasteiger partial charge in [-0.25, -0.2) is 14.4 Å². The summed E-state index contributed by atoms with van der Waals surface area (Å²) in [6, 6.07) is 5.26. The number of aromatic nitrogens is 2. The predicted molar refractivity (Wildman–Crippen MR) is 137 cm³/mol. The van der Waals surface area contributed by atoms with E-state index in [0.717, 1.165) is 0 Å². The van der Waals surface area contributed by atoms with Gasteiger partial charge in [0.1, 0.15) is 11.2 Å². The number of halogens is 3. The van der Waals surface area contributed by atoms with E-state index in [9.17, 15) is 15.2 Å². The van der Waals surface area contributed by atoms with Crippen LogP contribution in [0.1, 0.15) is 50.9 Å². The number of hydrogen-bond acceptors (Lipinski definition) is 7. The fourth-order valence-corrected chi connectivity index (χ4v) is 5.14. The summed E-state index contributed by atoms with van der Waals surface area (Å²) in [5, 5.41) is 35.4. The molecular weight excluding hydrogens is 553 g/mol. The van der Waals surface area contributed by atoms with Gasteiger partial charge in [-0.15, -0.1) is 0 Å². The summed E-state index contributed by atoms with van der Waals surface area (Å²) in [6.45, 7) is 5.69. The van der Waals surface area contributed by atoms with Crippen molar-refractivity contribution >= 4 is 33.4 Å². The molecule has 0 saturated carbocycles. The minimum Gasteiger partial charge on any atom is -0.394 e. The maximum atomic E-state index is 15.5. The molecule has 11 heteroatoms. The maximum absolute atomic E-state index is 15.5. The van der Waals surface area contributed by atoms with Crippen LogP contribution >= 0.6 is 27.5 Å². The number of benzene rings is 1. The van der Waals surface area contributed by atoms with Crippen LogP contribution < -0.4 is 10.6 Å². The van der Waals surface area contributed by atoms with Crippen LogP contribution in [-0.4, -0.2) is 57.4 Å². The molecule has 0 bridgehead atoms. The molecule has 2 aromatic rings. The van der Waals surface area contributed by atoms with Gasteiger partial charge in [-0.05, 0) is 45.8 Å². The number of rotatable bonds is 8. The fourth-order valence-electron chi connectivity index (χ4n) is 4.75. The third-order valence-corrected chi connectivity index (χ3v) is 7.03. The SMILES string of the molecule is CC(C)(C)CC1NC(C(=O)NCC[C@H](O)CO)C(c2cccc(Cl)c2F)C1(C#N)c1ncc(Br)cn1. The minimum absolute atomic E-state index is 0.0851. The van der Waals surface area contributed by atoms with Gasteiger partial charge in [0, 0.05) is 30.9 Å². The number of carbonyl (C=O) groups is 1. The smallest absolute Gasteiger partial charge is 0.237 e. The average Bonchev–Trinajstić information content (AvgIpc) is 3.14. The topological polar surface area (TPSA) is 131 Å². The molecule has 2 heterocycles. The number of nitriles is 1. The number of nitrogens with one attached hydrogen (secondary N) is 2. The zero-order valence-electron chi connectivity index (χ0n) is 20.3. The van der Waals surface area contributed by atoms with Gasteiger partial charge >= 0.3 is 0 Å². The van der Waals surface area contributed by atoms with Crippen molar-refractivity contribution in [3.63, 3.8) is 0 Å².